The standard InChI is InChI=1S/C24H27N3O2S.ClH/c1-16-17(2)25-24(27(5)23(16)29)30-15-19-8-12-21(13-9-19)22(28)20-10-6-18(7-11-20)14-26(3)4;/h6-13H,14-15H2,1-5H3;1H. The van der Waals surface area contributed by atoms with E-state index in [0.29, 0.717) is 27.6 Å². The van der Waals surface area contributed by atoms with Crippen molar-refractivity contribution in [3.8, 4) is 0 Å². The number of ketones is 1. The topological polar surface area (TPSA) is 55.2 Å². The molecule has 164 valence electrons. The quantitative estimate of drug-likeness (QED) is 0.299. The number of rotatable bonds is 7. The molecule has 2 aromatic carbocycles. The van der Waals surface area contributed by atoms with E-state index < -0.39 is 0 Å². The smallest absolute Gasteiger partial charge is 0.257 e. The molecule has 0 radical (unpaired) electrons. The summed E-state index contributed by atoms with van der Waals surface area (Å²) < 4.78 is 1.59. The molecule has 3 aromatic rings. The molecule has 0 saturated heterocycles. The van der Waals surface area contributed by atoms with E-state index in [9.17, 15) is 9.59 Å². The molecule has 3 rings (SSSR count). The molecule has 0 aliphatic rings. The van der Waals surface area contributed by atoms with Gasteiger partial charge in [-0.3, -0.25) is 14.2 Å². The van der Waals surface area contributed by atoms with E-state index in [4.69, 9.17) is 0 Å². The molecule has 0 fully saturated rings. The lowest BCUT2D eigenvalue weighted by Gasteiger charge is -2.10. The molecule has 1 aromatic heterocycles. The first kappa shape index (κ1) is 24.9. The van der Waals surface area contributed by atoms with Crippen LogP contribution in [0.1, 0.15) is 38.3 Å². The highest BCUT2D eigenvalue weighted by molar-refractivity contribution is 7.98. The maximum Gasteiger partial charge on any atom is 0.257 e. The van der Waals surface area contributed by atoms with Gasteiger partial charge in [0.1, 0.15) is 0 Å². The van der Waals surface area contributed by atoms with Gasteiger partial charge in [0.15, 0.2) is 10.9 Å². The summed E-state index contributed by atoms with van der Waals surface area (Å²) in [6, 6.07) is 15.4. The van der Waals surface area contributed by atoms with Crippen molar-refractivity contribution in [2.45, 2.75) is 31.3 Å². The van der Waals surface area contributed by atoms with Crippen molar-refractivity contribution in [1.29, 1.82) is 0 Å². The monoisotopic (exact) mass is 457 g/mol. The van der Waals surface area contributed by atoms with Gasteiger partial charge in [0, 0.05) is 41.7 Å². The van der Waals surface area contributed by atoms with E-state index in [0.717, 1.165) is 17.8 Å². The van der Waals surface area contributed by atoms with Crippen molar-refractivity contribution >= 4 is 30.0 Å². The molecular weight excluding hydrogens is 430 g/mol. The maximum atomic E-state index is 12.8. The largest absolute Gasteiger partial charge is 0.305 e. The zero-order valence-electron chi connectivity index (χ0n) is 18.5. The summed E-state index contributed by atoms with van der Waals surface area (Å²) in [5, 5.41) is 0.695. The summed E-state index contributed by atoms with van der Waals surface area (Å²) >= 11 is 1.52. The Balaban J connectivity index is 0.00000341. The van der Waals surface area contributed by atoms with Gasteiger partial charge in [-0.05, 0) is 39.1 Å². The minimum absolute atomic E-state index is 0. The fraction of sp³-hybridized carbons (Fsp3) is 0.292. The summed E-state index contributed by atoms with van der Waals surface area (Å²) in [5.41, 5.74) is 5.04. The molecule has 1 heterocycles. The molecule has 0 aliphatic heterocycles. The average Bonchev–Trinajstić information content (AvgIpc) is 2.74. The molecule has 0 spiro atoms. The molecule has 7 heteroatoms. The van der Waals surface area contributed by atoms with Crippen LogP contribution in [-0.4, -0.2) is 34.3 Å². The van der Waals surface area contributed by atoms with Crippen LogP contribution >= 0.6 is 24.2 Å². The van der Waals surface area contributed by atoms with Crippen LogP contribution in [0.2, 0.25) is 0 Å². The number of hydrogen-bond donors (Lipinski definition) is 0. The van der Waals surface area contributed by atoms with Crippen LogP contribution < -0.4 is 5.56 Å². The van der Waals surface area contributed by atoms with Gasteiger partial charge < -0.3 is 4.90 Å². The van der Waals surface area contributed by atoms with Crippen LogP contribution in [0.4, 0.5) is 0 Å². The fourth-order valence-electron chi connectivity index (χ4n) is 3.12. The number of carbonyl (C=O) groups excluding carboxylic acids is 1. The van der Waals surface area contributed by atoms with E-state index in [1.54, 1.807) is 18.5 Å². The maximum absolute atomic E-state index is 12.8. The Morgan fingerprint density at radius 2 is 1.48 bits per heavy atom. The van der Waals surface area contributed by atoms with Crippen LogP contribution in [0.15, 0.2) is 58.5 Å². The van der Waals surface area contributed by atoms with Crippen molar-refractivity contribution in [3.63, 3.8) is 0 Å². The Hall–Kier alpha value is -2.41. The zero-order valence-corrected chi connectivity index (χ0v) is 20.1. The van der Waals surface area contributed by atoms with Crippen molar-refractivity contribution in [2.75, 3.05) is 14.1 Å². The highest BCUT2D eigenvalue weighted by Crippen LogP contribution is 2.21. The van der Waals surface area contributed by atoms with E-state index >= 15 is 0 Å². The van der Waals surface area contributed by atoms with Crippen LogP contribution in [0.25, 0.3) is 0 Å². The molecule has 0 aliphatic carbocycles. The van der Waals surface area contributed by atoms with Crippen LogP contribution in [0.3, 0.4) is 0 Å². The van der Waals surface area contributed by atoms with Gasteiger partial charge in [0.25, 0.3) is 5.56 Å². The van der Waals surface area contributed by atoms with Crippen molar-refractivity contribution in [2.24, 2.45) is 7.05 Å². The Kier molecular flexibility index (Phi) is 8.62. The summed E-state index contributed by atoms with van der Waals surface area (Å²) in [6.45, 7) is 4.50. The third-order valence-corrected chi connectivity index (χ3v) is 6.12. The van der Waals surface area contributed by atoms with Gasteiger partial charge in [0.05, 0.1) is 0 Å². The Morgan fingerprint density at radius 1 is 0.968 bits per heavy atom. The molecule has 0 bridgehead atoms. The number of hydrogen-bond acceptors (Lipinski definition) is 5. The first-order valence-electron chi connectivity index (χ1n) is 9.80. The van der Waals surface area contributed by atoms with Crippen LogP contribution in [0, 0.1) is 13.8 Å². The minimum Gasteiger partial charge on any atom is -0.305 e. The molecule has 0 unspecified atom stereocenters. The van der Waals surface area contributed by atoms with E-state index in [-0.39, 0.29) is 23.7 Å². The van der Waals surface area contributed by atoms with E-state index in [1.807, 2.05) is 69.6 Å². The van der Waals surface area contributed by atoms with Gasteiger partial charge in [0.2, 0.25) is 0 Å². The fourth-order valence-corrected chi connectivity index (χ4v) is 4.08. The highest BCUT2D eigenvalue weighted by atomic mass is 35.5. The molecule has 31 heavy (non-hydrogen) atoms. The highest BCUT2D eigenvalue weighted by Gasteiger charge is 2.11. The zero-order chi connectivity index (χ0) is 21.8. The first-order valence-corrected chi connectivity index (χ1v) is 10.8. The lowest BCUT2D eigenvalue weighted by atomic mass is 10.0. The van der Waals surface area contributed by atoms with Crippen molar-refractivity contribution < 1.29 is 4.79 Å². The third kappa shape index (κ3) is 6.06. The Bertz CT molecular complexity index is 1110. The number of aromatic nitrogens is 2. The van der Waals surface area contributed by atoms with Crippen molar-refractivity contribution in [3.05, 3.63) is 92.4 Å². The first-order chi connectivity index (χ1) is 14.3. The molecule has 0 N–H and O–H groups in total. The van der Waals surface area contributed by atoms with Crippen LogP contribution in [0.5, 0.6) is 0 Å². The second-order valence-electron chi connectivity index (χ2n) is 7.72. The molecule has 5 nitrogen and oxygen atoms in total. The minimum atomic E-state index is -0.0115. The van der Waals surface area contributed by atoms with Gasteiger partial charge in [-0.15, -0.1) is 12.4 Å². The SMILES string of the molecule is Cc1nc(SCc2ccc(C(=O)c3ccc(CN(C)C)cc3)cc2)n(C)c(=O)c1C.Cl. The second-order valence-corrected chi connectivity index (χ2v) is 8.66. The molecule has 0 amide bonds. The van der Waals surface area contributed by atoms with Gasteiger partial charge in [-0.1, -0.05) is 60.3 Å². The summed E-state index contributed by atoms with van der Waals surface area (Å²) in [4.78, 5) is 31.6. The number of aryl methyl sites for hydroxylation is 1. The number of nitrogens with zero attached hydrogens (tertiary/aromatic N) is 3. The van der Waals surface area contributed by atoms with Gasteiger partial charge >= 0.3 is 0 Å². The summed E-state index contributed by atoms with van der Waals surface area (Å²) in [6.07, 6.45) is 0. The average molecular weight is 458 g/mol. The predicted molar refractivity (Wildman–Crippen MR) is 129 cm³/mol. The predicted octanol–water partition coefficient (Wildman–Crippen LogP) is 4.40. The van der Waals surface area contributed by atoms with E-state index in [1.165, 1.54) is 17.3 Å². The lowest BCUT2D eigenvalue weighted by molar-refractivity contribution is 0.103. The number of thioether (sulfide) groups is 1. The van der Waals surface area contributed by atoms with Crippen molar-refractivity contribution in [1.82, 2.24) is 14.5 Å². The number of carbonyl (C=O) groups is 1. The Morgan fingerprint density at radius 3 is 2.00 bits per heavy atom. The number of benzene rings is 2. The van der Waals surface area contributed by atoms with Gasteiger partial charge in [-0.25, -0.2) is 4.98 Å². The number of halogens is 1. The molecule has 0 saturated carbocycles. The summed E-state index contributed by atoms with van der Waals surface area (Å²) in [5.74, 6) is 0.695. The van der Waals surface area contributed by atoms with E-state index in [2.05, 4.69) is 9.88 Å². The third-order valence-electron chi connectivity index (χ3n) is 5.02. The summed E-state index contributed by atoms with van der Waals surface area (Å²) in [7, 11) is 5.79. The van der Waals surface area contributed by atoms with Crippen LogP contribution in [-0.2, 0) is 19.3 Å². The second kappa shape index (κ2) is 10.8. The Labute approximate surface area is 193 Å². The normalized spacial score (nSPS) is 10.8. The lowest BCUT2D eigenvalue weighted by Crippen LogP contribution is -2.23. The van der Waals surface area contributed by atoms with Gasteiger partial charge in [-0.2, -0.15) is 0 Å². The molecular formula is C24H28ClN3O2S. The molecule has 0 atom stereocenters.